The molecule has 0 saturated carbocycles. The third-order valence-electron chi connectivity index (χ3n) is 3.47. The number of amides is 2. The van der Waals surface area contributed by atoms with Crippen LogP contribution < -0.4 is 15.4 Å². The number of rotatable bonds is 9. The quantitative estimate of drug-likeness (QED) is 0.642. The second kappa shape index (κ2) is 10.7. The Bertz CT molecular complexity index is 847. The third-order valence-corrected chi connectivity index (χ3v) is 4.40. The molecule has 1 aromatic heterocycles. The van der Waals surface area contributed by atoms with Crippen LogP contribution in [-0.4, -0.2) is 41.1 Å². The molecular weight excluding hydrogens is 407 g/mol. The lowest BCUT2D eigenvalue weighted by molar-refractivity contribution is -0.154. The smallest absolute Gasteiger partial charge is 0.422 e. The number of pyridine rings is 1. The van der Waals surface area contributed by atoms with E-state index in [-0.39, 0.29) is 35.7 Å². The van der Waals surface area contributed by atoms with E-state index in [4.69, 9.17) is 0 Å². The van der Waals surface area contributed by atoms with Crippen molar-refractivity contribution in [2.75, 3.05) is 23.4 Å². The predicted octanol–water partition coefficient (Wildman–Crippen LogP) is 3.32. The maximum Gasteiger partial charge on any atom is 0.422 e. The number of alkyl halides is 3. The molecule has 1 aromatic carbocycles. The van der Waals surface area contributed by atoms with Crippen LogP contribution in [0.1, 0.15) is 11.1 Å². The van der Waals surface area contributed by atoms with Gasteiger partial charge in [0.25, 0.3) is 0 Å². The van der Waals surface area contributed by atoms with E-state index < -0.39 is 12.8 Å². The third kappa shape index (κ3) is 8.86. The van der Waals surface area contributed by atoms with Crippen molar-refractivity contribution in [3.8, 4) is 5.88 Å². The lowest BCUT2D eigenvalue weighted by Gasteiger charge is -2.12. The summed E-state index contributed by atoms with van der Waals surface area (Å²) in [6, 6.07) is 10.4. The van der Waals surface area contributed by atoms with Gasteiger partial charge in [-0.1, -0.05) is 18.2 Å². The number of ether oxygens (including phenoxy) is 1. The molecule has 0 spiro atoms. The number of carbonyl (C=O) groups excluding carboxylic acids is 2. The Morgan fingerprint density at radius 3 is 2.62 bits per heavy atom. The van der Waals surface area contributed by atoms with E-state index in [1.807, 2.05) is 25.1 Å². The van der Waals surface area contributed by atoms with Crippen LogP contribution in [0.5, 0.6) is 5.88 Å². The molecule has 2 aromatic rings. The maximum atomic E-state index is 12.3. The van der Waals surface area contributed by atoms with Gasteiger partial charge >= 0.3 is 6.18 Å². The highest BCUT2D eigenvalue weighted by molar-refractivity contribution is 8.00. The zero-order valence-electron chi connectivity index (χ0n) is 15.6. The number of carbonyl (C=O) groups is 2. The van der Waals surface area contributed by atoms with Crippen LogP contribution in [0.2, 0.25) is 0 Å². The predicted molar refractivity (Wildman–Crippen MR) is 105 cm³/mol. The highest BCUT2D eigenvalue weighted by atomic mass is 32.2. The van der Waals surface area contributed by atoms with E-state index in [0.29, 0.717) is 11.3 Å². The van der Waals surface area contributed by atoms with Crippen molar-refractivity contribution in [2.24, 2.45) is 0 Å². The Balaban J connectivity index is 1.73. The fourth-order valence-electron chi connectivity index (χ4n) is 2.24. The summed E-state index contributed by atoms with van der Waals surface area (Å²) in [4.78, 5) is 27.6. The summed E-state index contributed by atoms with van der Waals surface area (Å²) < 4.78 is 41.5. The monoisotopic (exact) mass is 427 g/mol. The Kier molecular flexibility index (Phi) is 8.32. The van der Waals surface area contributed by atoms with Gasteiger partial charge in [0.2, 0.25) is 17.7 Å². The number of halogens is 3. The van der Waals surface area contributed by atoms with Crippen molar-refractivity contribution in [2.45, 2.75) is 19.6 Å². The van der Waals surface area contributed by atoms with Crippen molar-refractivity contribution in [1.82, 2.24) is 10.3 Å². The minimum atomic E-state index is -4.48. The summed E-state index contributed by atoms with van der Waals surface area (Å²) in [5, 5.41) is 5.31. The minimum absolute atomic E-state index is 0.0280. The average Bonchev–Trinajstić information content (AvgIpc) is 2.64. The number of nitrogens with zero attached hydrogens (tertiary/aromatic N) is 1. The van der Waals surface area contributed by atoms with Crippen molar-refractivity contribution in [3.05, 3.63) is 53.7 Å². The van der Waals surface area contributed by atoms with Crippen LogP contribution in [0, 0.1) is 6.92 Å². The summed E-state index contributed by atoms with van der Waals surface area (Å²) >= 11 is 1.13. The van der Waals surface area contributed by atoms with Crippen molar-refractivity contribution in [1.29, 1.82) is 0 Å². The molecular formula is C19H20F3N3O3S. The Morgan fingerprint density at radius 2 is 1.90 bits per heavy atom. The van der Waals surface area contributed by atoms with E-state index in [1.54, 1.807) is 6.07 Å². The van der Waals surface area contributed by atoms with Crippen molar-refractivity contribution < 1.29 is 27.5 Å². The molecule has 0 unspecified atom stereocenters. The van der Waals surface area contributed by atoms with Gasteiger partial charge in [0.15, 0.2) is 6.61 Å². The topological polar surface area (TPSA) is 80.3 Å². The maximum absolute atomic E-state index is 12.3. The van der Waals surface area contributed by atoms with Crippen LogP contribution in [-0.2, 0) is 16.1 Å². The number of nitrogens with one attached hydrogen (secondary N) is 2. The normalized spacial score (nSPS) is 11.0. The van der Waals surface area contributed by atoms with Crippen LogP contribution >= 0.6 is 11.8 Å². The molecule has 2 amide bonds. The van der Waals surface area contributed by atoms with Gasteiger partial charge in [-0.15, -0.1) is 11.8 Å². The molecule has 156 valence electrons. The molecule has 6 nitrogen and oxygen atoms in total. The van der Waals surface area contributed by atoms with Gasteiger partial charge in [0, 0.05) is 24.0 Å². The van der Waals surface area contributed by atoms with Gasteiger partial charge < -0.3 is 15.4 Å². The van der Waals surface area contributed by atoms with Crippen LogP contribution in [0.4, 0.5) is 18.9 Å². The molecule has 2 N–H and O–H groups in total. The van der Waals surface area contributed by atoms with Gasteiger partial charge in [-0.3, -0.25) is 9.59 Å². The molecule has 0 aliphatic carbocycles. The molecule has 0 radical (unpaired) electrons. The summed E-state index contributed by atoms with van der Waals surface area (Å²) in [5.41, 5.74) is 2.03. The van der Waals surface area contributed by atoms with Crippen LogP contribution in [0.15, 0.2) is 42.6 Å². The molecule has 0 bridgehead atoms. The minimum Gasteiger partial charge on any atom is -0.468 e. The molecule has 0 aliphatic heterocycles. The van der Waals surface area contributed by atoms with Gasteiger partial charge in [0.05, 0.1) is 11.5 Å². The van der Waals surface area contributed by atoms with Gasteiger partial charge in [-0.05, 0) is 30.7 Å². The summed E-state index contributed by atoms with van der Waals surface area (Å²) in [5.74, 6) is -0.656. The lowest BCUT2D eigenvalue weighted by atomic mass is 10.2. The first-order chi connectivity index (χ1) is 13.7. The highest BCUT2D eigenvalue weighted by Crippen LogP contribution is 2.20. The first-order valence-corrected chi connectivity index (χ1v) is 9.73. The van der Waals surface area contributed by atoms with E-state index in [1.165, 1.54) is 18.3 Å². The van der Waals surface area contributed by atoms with Crippen LogP contribution in [0.25, 0.3) is 0 Å². The molecule has 10 heteroatoms. The zero-order valence-corrected chi connectivity index (χ0v) is 16.4. The average molecular weight is 427 g/mol. The Hall–Kier alpha value is -2.75. The van der Waals surface area contributed by atoms with Crippen LogP contribution in [0.3, 0.4) is 0 Å². The number of anilines is 1. The second-order valence-electron chi connectivity index (χ2n) is 6.06. The molecule has 2 rings (SSSR count). The Labute approximate surface area is 170 Å². The zero-order chi connectivity index (χ0) is 21.3. The molecule has 0 aliphatic rings. The fraction of sp³-hybridized carbons (Fsp3) is 0.316. The second-order valence-corrected chi connectivity index (χ2v) is 7.04. The SMILES string of the molecule is Cc1cccc(NC(=O)CSCC(=O)NCc2cccnc2OCC(F)(F)F)c1. The molecule has 29 heavy (non-hydrogen) atoms. The van der Waals surface area contributed by atoms with Crippen molar-refractivity contribution >= 4 is 29.3 Å². The standard InChI is InChI=1S/C19H20F3N3O3S/c1-13-4-2-6-15(8-13)25-17(27)11-29-10-16(26)24-9-14-5-3-7-23-18(14)28-12-19(20,21)22/h2-8H,9-12H2,1H3,(H,24,26)(H,25,27). The largest absolute Gasteiger partial charge is 0.468 e. The van der Waals surface area contributed by atoms with Gasteiger partial charge in [-0.2, -0.15) is 13.2 Å². The molecule has 1 heterocycles. The van der Waals surface area contributed by atoms with E-state index in [0.717, 1.165) is 17.3 Å². The fourth-order valence-corrected chi connectivity index (χ4v) is 2.89. The number of aromatic nitrogens is 1. The summed E-state index contributed by atoms with van der Waals surface area (Å²) in [6.07, 6.45) is -3.17. The molecule has 0 saturated heterocycles. The summed E-state index contributed by atoms with van der Waals surface area (Å²) in [6.45, 7) is 0.420. The number of aryl methyl sites for hydroxylation is 1. The number of thioether (sulfide) groups is 1. The van der Waals surface area contributed by atoms with E-state index in [2.05, 4.69) is 20.4 Å². The van der Waals surface area contributed by atoms with Crippen molar-refractivity contribution in [3.63, 3.8) is 0 Å². The molecule has 0 fully saturated rings. The number of hydrogen-bond donors (Lipinski definition) is 2. The number of hydrogen-bond acceptors (Lipinski definition) is 5. The van der Waals surface area contributed by atoms with E-state index >= 15 is 0 Å². The van der Waals surface area contributed by atoms with E-state index in [9.17, 15) is 22.8 Å². The lowest BCUT2D eigenvalue weighted by Crippen LogP contribution is -2.26. The van der Waals surface area contributed by atoms with Gasteiger partial charge in [-0.25, -0.2) is 4.98 Å². The first-order valence-electron chi connectivity index (χ1n) is 8.57. The Morgan fingerprint density at radius 1 is 1.14 bits per heavy atom. The summed E-state index contributed by atoms with van der Waals surface area (Å²) in [7, 11) is 0. The highest BCUT2D eigenvalue weighted by Gasteiger charge is 2.29. The molecule has 0 atom stereocenters. The number of benzene rings is 1. The first kappa shape index (κ1) is 22.5. The van der Waals surface area contributed by atoms with Gasteiger partial charge in [0.1, 0.15) is 0 Å².